The van der Waals surface area contributed by atoms with Crippen LogP contribution in [0.1, 0.15) is 39.5 Å². The summed E-state index contributed by atoms with van der Waals surface area (Å²) in [6.07, 6.45) is 4.21. The summed E-state index contributed by atoms with van der Waals surface area (Å²) in [5.41, 5.74) is -0.391. The van der Waals surface area contributed by atoms with Gasteiger partial charge in [-0.15, -0.1) is 0 Å². The summed E-state index contributed by atoms with van der Waals surface area (Å²) >= 11 is 0. The molecular formula is C14H26N2O2. The second kappa shape index (κ2) is 5.57. The molecule has 2 aliphatic heterocycles. The van der Waals surface area contributed by atoms with Crippen molar-refractivity contribution < 1.29 is 9.53 Å². The molecule has 2 rings (SSSR count). The van der Waals surface area contributed by atoms with E-state index in [1.54, 1.807) is 0 Å². The molecule has 2 fully saturated rings. The maximum Gasteiger partial charge on any atom is 0.326 e. The smallest absolute Gasteiger partial charge is 0.326 e. The van der Waals surface area contributed by atoms with Gasteiger partial charge in [0.2, 0.25) is 0 Å². The molecule has 0 bridgehead atoms. The highest BCUT2D eigenvalue weighted by Gasteiger charge is 2.49. The Morgan fingerprint density at radius 2 is 2.06 bits per heavy atom. The lowest BCUT2D eigenvalue weighted by atomic mass is 9.76. The van der Waals surface area contributed by atoms with Crippen LogP contribution in [0.3, 0.4) is 0 Å². The van der Waals surface area contributed by atoms with E-state index in [-0.39, 0.29) is 5.97 Å². The van der Waals surface area contributed by atoms with Crippen molar-refractivity contribution in [1.29, 1.82) is 0 Å². The number of rotatable bonds is 3. The summed E-state index contributed by atoms with van der Waals surface area (Å²) in [6, 6.07) is 0.608. The van der Waals surface area contributed by atoms with Gasteiger partial charge in [0.05, 0.1) is 7.11 Å². The lowest BCUT2D eigenvalue weighted by Gasteiger charge is -2.42. The van der Waals surface area contributed by atoms with Crippen LogP contribution < -0.4 is 5.32 Å². The van der Waals surface area contributed by atoms with Crippen LogP contribution in [0, 0.1) is 5.92 Å². The molecule has 4 nitrogen and oxygen atoms in total. The van der Waals surface area contributed by atoms with Gasteiger partial charge in [0, 0.05) is 6.04 Å². The van der Waals surface area contributed by atoms with Crippen LogP contribution in [0.2, 0.25) is 0 Å². The molecule has 2 aliphatic rings. The topological polar surface area (TPSA) is 41.6 Å². The largest absolute Gasteiger partial charge is 0.468 e. The predicted octanol–water partition coefficient (Wildman–Crippen LogP) is 1.40. The highest BCUT2D eigenvalue weighted by atomic mass is 16.5. The average molecular weight is 254 g/mol. The number of hydrogen-bond donors (Lipinski definition) is 1. The van der Waals surface area contributed by atoms with Crippen LogP contribution >= 0.6 is 0 Å². The zero-order valence-electron chi connectivity index (χ0n) is 11.9. The molecule has 4 heteroatoms. The number of likely N-dealkylation sites (tertiary alicyclic amines) is 1. The first-order chi connectivity index (χ1) is 8.60. The van der Waals surface area contributed by atoms with E-state index in [1.807, 2.05) is 0 Å². The SMILES string of the molecule is COC(=O)C1(C2CCN(C(C)C)CC2)CCCN1. The molecule has 1 atom stereocenters. The van der Waals surface area contributed by atoms with Crippen molar-refractivity contribution in [1.82, 2.24) is 10.2 Å². The van der Waals surface area contributed by atoms with E-state index in [4.69, 9.17) is 4.74 Å². The molecule has 0 radical (unpaired) electrons. The monoisotopic (exact) mass is 254 g/mol. The van der Waals surface area contributed by atoms with Crippen molar-refractivity contribution in [3.63, 3.8) is 0 Å². The van der Waals surface area contributed by atoms with Crippen LogP contribution in [0.25, 0.3) is 0 Å². The van der Waals surface area contributed by atoms with Crippen LogP contribution in [0.4, 0.5) is 0 Å². The second-order valence-corrected chi connectivity index (χ2v) is 5.90. The Morgan fingerprint density at radius 3 is 2.50 bits per heavy atom. The highest BCUT2D eigenvalue weighted by Crippen LogP contribution is 2.36. The van der Waals surface area contributed by atoms with Crippen molar-refractivity contribution in [3.05, 3.63) is 0 Å². The van der Waals surface area contributed by atoms with Gasteiger partial charge in [0.25, 0.3) is 0 Å². The van der Waals surface area contributed by atoms with Gasteiger partial charge in [0.15, 0.2) is 0 Å². The molecule has 104 valence electrons. The number of carbonyl (C=O) groups is 1. The summed E-state index contributed by atoms with van der Waals surface area (Å²) < 4.78 is 5.05. The van der Waals surface area contributed by atoms with Crippen LogP contribution in [0.5, 0.6) is 0 Å². The third-order valence-corrected chi connectivity index (χ3v) is 4.69. The van der Waals surface area contributed by atoms with Crippen molar-refractivity contribution in [3.8, 4) is 0 Å². The van der Waals surface area contributed by atoms with Gasteiger partial charge in [-0.25, -0.2) is 0 Å². The minimum Gasteiger partial charge on any atom is -0.468 e. The summed E-state index contributed by atoms with van der Waals surface area (Å²) in [5.74, 6) is 0.380. The van der Waals surface area contributed by atoms with Gasteiger partial charge in [-0.05, 0) is 65.1 Å². The molecule has 2 saturated heterocycles. The number of piperidine rings is 1. The van der Waals surface area contributed by atoms with Crippen molar-refractivity contribution in [2.24, 2.45) is 5.92 Å². The Morgan fingerprint density at radius 1 is 1.39 bits per heavy atom. The Balaban J connectivity index is 2.03. The Labute approximate surface area is 110 Å². The molecule has 0 aromatic carbocycles. The summed E-state index contributed by atoms with van der Waals surface area (Å²) in [7, 11) is 1.51. The van der Waals surface area contributed by atoms with Crippen molar-refractivity contribution in [2.45, 2.75) is 51.1 Å². The summed E-state index contributed by atoms with van der Waals surface area (Å²) in [6.45, 7) is 7.62. The predicted molar refractivity (Wildman–Crippen MR) is 71.4 cm³/mol. The molecule has 2 heterocycles. The van der Waals surface area contributed by atoms with E-state index in [0.29, 0.717) is 12.0 Å². The number of hydrogen-bond acceptors (Lipinski definition) is 4. The maximum absolute atomic E-state index is 12.2. The molecule has 0 aromatic rings. The normalized spacial score (nSPS) is 30.9. The average Bonchev–Trinajstić information content (AvgIpc) is 2.88. The highest BCUT2D eigenvalue weighted by molar-refractivity contribution is 5.81. The van der Waals surface area contributed by atoms with Crippen LogP contribution in [-0.2, 0) is 9.53 Å². The number of nitrogens with one attached hydrogen (secondary N) is 1. The maximum atomic E-state index is 12.2. The van der Waals surface area contributed by atoms with E-state index >= 15 is 0 Å². The molecule has 0 aliphatic carbocycles. The molecule has 0 saturated carbocycles. The first-order valence-corrected chi connectivity index (χ1v) is 7.17. The second-order valence-electron chi connectivity index (χ2n) is 5.90. The zero-order valence-corrected chi connectivity index (χ0v) is 11.9. The zero-order chi connectivity index (χ0) is 13.2. The molecule has 1 unspecified atom stereocenters. The minimum atomic E-state index is -0.391. The lowest BCUT2D eigenvalue weighted by Crippen LogP contribution is -2.57. The molecule has 0 aromatic heterocycles. The van der Waals surface area contributed by atoms with Crippen LogP contribution in [-0.4, -0.2) is 49.2 Å². The Bertz CT molecular complexity index is 290. The number of carbonyl (C=O) groups excluding carboxylic acids is 1. The van der Waals surface area contributed by atoms with Crippen molar-refractivity contribution in [2.75, 3.05) is 26.7 Å². The van der Waals surface area contributed by atoms with E-state index in [1.165, 1.54) is 7.11 Å². The van der Waals surface area contributed by atoms with Gasteiger partial charge in [-0.3, -0.25) is 4.79 Å². The Hall–Kier alpha value is -0.610. The van der Waals surface area contributed by atoms with Gasteiger partial charge < -0.3 is 15.0 Å². The fourth-order valence-corrected chi connectivity index (χ4v) is 3.55. The summed E-state index contributed by atoms with van der Waals surface area (Å²) in [4.78, 5) is 14.6. The molecule has 0 spiro atoms. The minimum absolute atomic E-state index is 0.0528. The standard InChI is InChI=1S/C14H26N2O2/c1-11(2)16-9-5-12(6-10-16)14(13(17)18-3)7-4-8-15-14/h11-12,15H,4-10H2,1-3H3. The third-order valence-electron chi connectivity index (χ3n) is 4.69. The molecule has 18 heavy (non-hydrogen) atoms. The van der Waals surface area contributed by atoms with Gasteiger partial charge >= 0.3 is 5.97 Å². The number of nitrogens with zero attached hydrogens (tertiary/aromatic N) is 1. The van der Waals surface area contributed by atoms with Gasteiger partial charge in [0.1, 0.15) is 5.54 Å². The third kappa shape index (κ3) is 2.41. The molecule has 0 amide bonds. The fraction of sp³-hybridized carbons (Fsp3) is 0.929. The van der Waals surface area contributed by atoms with Gasteiger partial charge in [-0.1, -0.05) is 0 Å². The lowest BCUT2D eigenvalue weighted by molar-refractivity contribution is -0.151. The molecule has 1 N–H and O–H groups in total. The number of esters is 1. The van der Waals surface area contributed by atoms with E-state index in [2.05, 4.69) is 24.1 Å². The van der Waals surface area contributed by atoms with Gasteiger partial charge in [-0.2, -0.15) is 0 Å². The number of ether oxygens (including phenoxy) is 1. The number of methoxy groups -OCH3 is 1. The summed E-state index contributed by atoms with van der Waals surface area (Å²) in [5, 5.41) is 3.44. The van der Waals surface area contributed by atoms with E-state index in [0.717, 1.165) is 45.3 Å². The Kier molecular flexibility index (Phi) is 4.28. The first-order valence-electron chi connectivity index (χ1n) is 7.17. The van der Waals surface area contributed by atoms with Crippen LogP contribution in [0.15, 0.2) is 0 Å². The van der Waals surface area contributed by atoms with E-state index in [9.17, 15) is 4.79 Å². The quantitative estimate of drug-likeness (QED) is 0.773. The first kappa shape index (κ1) is 13.8. The van der Waals surface area contributed by atoms with Crippen molar-refractivity contribution >= 4 is 5.97 Å². The molecular weight excluding hydrogens is 228 g/mol. The van der Waals surface area contributed by atoms with E-state index < -0.39 is 5.54 Å². The fourth-order valence-electron chi connectivity index (χ4n) is 3.55.